The van der Waals surface area contributed by atoms with E-state index in [9.17, 15) is 9.59 Å². The van der Waals surface area contributed by atoms with Crippen molar-refractivity contribution in [3.8, 4) is 0 Å². The van der Waals surface area contributed by atoms with E-state index in [-0.39, 0.29) is 18.2 Å². The molecule has 0 unspecified atom stereocenters. The van der Waals surface area contributed by atoms with E-state index in [0.29, 0.717) is 5.71 Å². The monoisotopic (exact) mass is 278 g/mol. The molecule has 1 aliphatic rings. The highest BCUT2D eigenvalue weighted by Gasteiger charge is 2.28. The Bertz CT molecular complexity index is 562. The van der Waals surface area contributed by atoms with E-state index in [0.717, 1.165) is 10.4 Å². The Morgan fingerprint density at radius 2 is 2.42 bits per heavy atom. The Morgan fingerprint density at radius 3 is 3.00 bits per heavy atom. The molecular weight excluding hydrogens is 264 g/mol. The van der Waals surface area contributed by atoms with E-state index in [4.69, 9.17) is 0 Å². The highest BCUT2D eigenvalue weighted by Crippen LogP contribution is 2.13. The lowest BCUT2D eigenvalue weighted by molar-refractivity contribution is -0.127. The summed E-state index contributed by atoms with van der Waals surface area (Å²) in [6.07, 6.45) is 1.66. The average Bonchev–Trinajstić information content (AvgIpc) is 2.90. The zero-order chi connectivity index (χ0) is 13.8. The maximum absolute atomic E-state index is 11.6. The minimum Gasteiger partial charge on any atom is -0.273 e. The molecule has 2 amide bonds. The van der Waals surface area contributed by atoms with Gasteiger partial charge in [-0.15, -0.1) is 11.3 Å². The number of carbonyl (C=O) groups is 2. The molecule has 1 aromatic heterocycles. The maximum atomic E-state index is 11.6. The second-order valence-corrected chi connectivity index (χ2v) is 5.19. The molecular formula is C12H14N4O2S. The molecule has 19 heavy (non-hydrogen) atoms. The number of hydrogen-bond acceptors (Lipinski definition) is 5. The van der Waals surface area contributed by atoms with Crippen molar-refractivity contribution in [1.29, 1.82) is 0 Å². The van der Waals surface area contributed by atoms with Gasteiger partial charge in [0.1, 0.15) is 0 Å². The number of thiophene rings is 1. The summed E-state index contributed by atoms with van der Waals surface area (Å²) >= 11 is 1.55. The molecule has 2 rings (SSSR count). The van der Waals surface area contributed by atoms with Crippen LogP contribution in [0.1, 0.15) is 23.8 Å². The molecule has 6 nitrogen and oxygen atoms in total. The summed E-state index contributed by atoms with van der Waals surface area (Å²) in [6.45, 7) is 3.69. The van der Waals surface area contributed by atoms with Crippen LogP contribution in [0.4, 0.5) is 0 Å². The lowest BCUT2D eigenvalue weighted by Crippen LogP contribution is -2.29. The van der Waals surface area contributed by atoms with Crippen LogP contribution in [0.25, 0.3) is 0 Å². The van der Waals surface area contributed by atoms with Crippen LogP contribution in [0, 0.1) is 12.8 Å². The van der Waals surface area contributed by atoms with Crippen molar-refractivity contribution >= 4 is 35.1 Å². The van der Waals surface area contributed by atoms with Crippen LogP contribution in [0.15, 0.2) is 21.6 Å². The molecule has 0 radical (unpaired) electrons. The topological polar surface area (TPSA) is 82.9 Å². The van der Waals surface area contributed by atoms with Gasteiger partial charge in [0.25, 0.3) is 0 Å². The first kappa shape index (κ1) is 13.4. The second-order valence-electron chi connectivity index (χ2n) is 4.25. The van der Waals surface area contributed by atoms with Crippen LogP contribution < -0.4 is 10.9 Å². The first-order valence-corrected chi connectivity index (χ1v) is 6.66. The van der Waals surface area contributed by atoms with Crippen LogP contribution in [0.3, 0.4) is 0 Å². The van der Waals surface area contributed by atoms with E-state index in [1.54, 1.807) is 24.5 Å². The average molecular weight is 278 g/mol. The van der Waals surface area contributed by atoms with Crippen molar-refractivity contribution in [2.45, 2.75) is 20.3 Å². The van der Waals surface area contributed by atoms with Gasteiger partial charge in [-0.1, -0.05) is 0 Å². The minimum absolute atomic E-state index is 0.0575. The smallest absolute Gasteiger partial charge is 0.249 e. The van der Waals surface area contributed by atoms with Crippen LogP contribution in [0.2, 0.25) is 0 Å². The first-order valence-electron chi connectivity index (χ1n) is 5.78. The van der Waals surface area contributed by atoms with Crippen molar-refractivity contribution in [3.05, 3.63) is 21.9 Å². The van der Waals surface area contributed by atoms with Gasteiger partial charge in [0, 0.05) is 17.0 Å². The zero-order valence-electron chi connectivity index (χ0n) is 10.6. The van der Waals surface area contributed by atoms with Crippen LogP contribution in [-0.4, -0.2) is 23.7 Å². The third-order valence-electron chi connectivity index (χ3n) is 2.83. The van der Waals surface area contributed by atoms with Gasteiger partial charge in [-0.05, 0) is 30.9 Å². The van der Waals surface area contributed by atoms with E-state index in [2.05, 4.69) is 21.1 Å². The molecule has 0 bridgehead atoms. The summed E-state index contributed by atoms with van der Waals surface area (Å²) < 4.78 is 0. The first-order chi connectivity index (χ1) is 9.08. The fraction of sp³-hybridized carbons (Fsp3) is 0.333. The molecule has 1 atom stereocenters. The summed E-state index contributed by atoms with van der Waals surface area (Å²) in [7, 11) is 0. The number of nitrogens with one attached hydrogen (secondary N) is 2. The molecule has 0 saturated heterocycles. The van der Waals surface area contributed by atoms with Gasteiger partial charge in [0.15, 0.2) is 0 Å². The molecule has 1 aliphatic heterocycles. The predicted molar refractivity (Wildman–Crippen MR) is 74.2 cm³/mol. The van der Waals surface area contributed by atoms with Crippen molar-refractivity contribution in [3.63, 3.8) is 0 Å². The lowest BCUT2D eigenvalue weighted by atomic mass is 10.0. The summed E-state index contributed by atoms with van der Waals surface area (Å²) in [5, 5.41) is 9.63. The lowest BCUT2D eigenvalue weighted by Gasteiger charge is -2.05. The third kappa shape index (κ3) is 3.25. The predicted octanol–water partition coefficient (Wildman–Crippen LogP) is 1.02. The van der Waals surface area contributed by atoms with Crippen LogP contribution >= 0.6 is 11.3 Å². The fourth-order valence-electron chi connectivity index (χ4n) is 1.64. The molecule has 2 heterocycles. The number of nitrogens with zero attached hydrogens (tertiary/aromatic N) is 2. The highest BCUT2D eigenvalue weighted by atomic mass is 32.1. The van der Waals surface area contributed by atoms with Gasteiger partial charge in [-0.3, -0.25) is 9.59 Å². The fourth-order valence-corrected chi connectivity index (χ4v) is 2.43. The number of amides is 2. The number of hydrogen-bond donors (Lipinski definition) is 2. The molecule has 0 fully saturated rings. The van der Waals surface area contributed by atoms with E-state index < -0.39 is 5.92 Å². The molecule has 0 aromatic carbocycles. The Kier molecular flexibility index (Phi) is 4.06. The SMILES string of the molecule is CC1=NNC(=O)[C@H]1CC(=O)NN=Cc1sccc1C. The molecule has 0 saturated carbocycles. The molecule has 7 heteroatoms. The van der Waals surface area contributed by atoms with Crippen LogP contribution in [-0.2, 0) is 9.59 Å². The van der Waals surface area contributed by atoms with Gasteiger partial charge >= 0.3 is 0 Å². The third-order valence-corrected chi connectivity index (χ3v) is 3.78. The number of hydrazone groups is 2. The Morgan fingerprint density at radius 1 is 1.63 bits per heavy atom. The van der Waals surface area contributed by atoms with Crippen molar-refractivity contribution in [1.82, 2.24) is 10.9 Å². The Labute approximate surface area is 114 Å². The molecule has 100 valence electrons. The van der Waals surface area contributed by atoms with Gasteiger partial charge in [0.05, 0.1) is 12.1 Å². The quantitative estimate of drug-likeness (QED) is 0.636. The zero-order valence-corrected chi connectivity index (χ0v) is 11.5. The maximum Gasteiger partial charge on any atom is 0.249 e. The largest absolute Gasteiger partial charge is 0.273 e. The van der Waals surface area contributed by atoms with Gasteiger partial charge in [-0.2, -0.15) is 10.2 Å². The van der Waals surface area contributed by atoms with Crippen molar-refractivity contribution in [2.24, 2.45) is 16.1 Å². The van der Waals surface area contributed by atoms with Gasteiger partial charge in [-0.25, -0.2) is 10.9 Å². The summed E-state index contributed by atoms with van der Waals surface area (Å²) in [4.78, 5) is 24.0. The standard InChI is InChI=1S/C12H14N4O2S/c1-7-3-4-19-10(7)6-13-15-11(17)5-9-8(2)14-16-12(9)18/h3-4,6,9H,5H2,1-2H3,(H,15,17)(H,16,18)/t9-/m0/s1. The van der Waals surface area contributed by atoms with E-state index >= 15 is 0 Å². The Balaban J connectivity index is 1.85. The van der Waals surface area contributed by atoms with Crippen molar-refractivity contribution < 1.29 is 9.59 Å². The number of rotatable bonds is 4. The minimum atomic E-state index is -0.487. The summed E-state index contributed by atoms with van der Waals surface area (Å²) in [5.41, 5.74) is 6.50. The van der Waals surface area contributed by atoms with Gasteiger partial charge in [0.2, 0.25) is 11.8 Å². The van der Waals surface area contributed by atoms with Crippen molar-refractivity contribution in [2.75, 3.05) is 0 Å². The molecule has 0 spiro atoms. The number of aryl methyl sites for hydroxylation is 1. The summed E-state index contributed by atoms with van der Waals surface area (Å²) in [6, 6.07) is 1.98. The highest BCUT2D eigenvalue weighted by molar-refractivity contribution is 7.11. The van der Waals surface area contributed by atoms with E-state index in [1.807, 2.05) is 18.4 Å². The number of carbonyl (C=O) groups excluding carboxylic acids is 2. The van der Waals surface area contributed by atoms with Gasteiger partial charge < -0.3 is 0 Å². The Hall–Kier alpha value is -2.02. The second kappa shape index (κ2) is 5.75. The normalized spacial score (nSPS) is 18.5. The molecule has 2 N–H and O–H groups in total. The molecule has 1 aromatic rings. The van der Waals surface area contributed by atoms with E-state index in [1.165, 1.54) is 0 Å². The van der Waals surface area contributed by atoms with Crippen LogP contribution in [0.5, 0.6) is 0 Å². The summed E-state index contributed by atoms with van der Waals surface area (Å²) in [5.74, 6) is -1.04. The molecule has 0 aliphatic carbocycles.